The summed E-state index contributed by atoms with van der Waals surface area (Å²) >= 11 is 0. The lowest BCUT2D eigenvalue weighted by atomic mass is 10.0. The Hall–Kier alpha value is -4.29. The molecule has 2 unspecified atom stereocenters. The second-order valence-corrected chi connectivity index (χ2v) is 13.4. The summed E-state index contributed by atoms with van der Waals surface area (Å²) in [5.41, 5.74) is 7.10. The lowest BCUT2D eigenvalue weighted by Crippen LogP contribution is -2.49. The molecule has 6 rings (SSSR count). The normalized spacial score (nSPS) is 23.8. The summed E-state index contributed by atoms with van der Waals surface area (Å²) in [4.78, 5) is 56.5. The smallest absolute Gasteiger partial charge is 0.410 e. The molecule has 4 fully saturated rings. The Morgan fingerprint density at radius 3 is 2.30 bits per heavy atom. The van der Waals surface area contributed by atoms with Gasteiger partial charge in [0.25, 0.3) is 5.91 Å². The summed E-state index contributed by atoms with van der Waals surface area (Å²) < 4.78 is 5.57. The second-order valence-electron chi connectivity index (χ2n) is 13.4. The van der Waals surface area contributed by atoms with E-state index in [0.29, 0.717) is 43.1 Å². The lowest BCUT2D eigenvalue weighted by Gasteiger charge is -2.37. The first-order valence-electron chi connectivity index (χ1n) is 15.5. The number of carbonyl (C=O) groups is 3. The Balaban J connectivity index is 1.10. The van der Waals surface area contributed by atoms with Gasteiger partial charge in [0.05, 0.1) is 12.2 Å². The Morgan fingerprint density at radius 1 is 0.977 bits per heavy atom. The number of nitrogens with one attached hydrogen (secondary N) is 1. The van der Waals surface area contributed by atoms with Crippen molar-refractivity contribution in [1.29, 1.82) is 0 Å². The van der Waals surface area contributed by atoms with E-state index in [1.54, 1.807) is 11.1 Å². The van der Waals surface area contributed by atoms with Crippen molar-refractivity contribution in [3.8, 4) is 0 Å². The predicted molar refractivity (Wildman–Crippen MR) is 167 cm³/mol. The molecule has 1 aromatic carbocycles. The maximum Gasteiger partial charge on any atom is 0.410 e. The summed E-state index contributed by atoms with van der Waals surface area (Å²) in [6.45, 7) is 11.8. The van der Waals surface area contributed by atoms with Gasteiger partial charge in [-0.3, -0.25) is 4.79 Å². The van der Waals surface area contributed by atoms with Gasteiger partial charge in [0, 0.05) is 82.6 Å². The van der Waals surface area contributed by atoms with Crippen LogP contribution in [0.2, 0.25) is 0 Å². The Kier molecular flexibility index (Phi) is 7.89. The number of urea groups is 1. The summed E-state index contributed by atoms with van der Waals surface area (Å²) in [5, 5.41) is 3.26. The molecule has 44 heavy (non-hydrogen) atoms. The fourth-order valence-corrected chi connectivity index (χ4v) is 6.80. The number of carbonyl (C=O) groups excluding carboxylic acids is 3. The highest BCUT2D eigenvalue weighted by atomic mass is 16.6. The predicted octanol–water partition coefficient (Wildman–Crippen LogP) is 2.96. The molecule has 0 bridgehead atoms. The number of nitrogens with zero attached hydrogens (tertiary/aromatic N) is 7. The van der Waals surface area contributed by atoms with E-state index in [9.17, 15) is 14.4 Å². The van der Waals surface area contributed by atoms with E-state index in [1.807, 2.05) is 49.8 Å². The Morgan fingerprint density at radius 2 is 1.68 bits per heavy atom. The van der Waals surface area contributed by atoms with Crippen LogP contribution in [0.5, 0.6) is 0 Å². The van der Waals surface area contributed by atoms with Crippen LogP contribution < -0.4 is 20.9 Å². The van der Waals surface area contributed by atoms with Crippen molar-refractivity contribution in [2.24, 2.45) is 17.6 Å². The van der Waals surface area contributed by atoms with Gasteiger partial charge in [0.2, 0.25) is 0 Å². The minimum atomic E-state index is -0.658. The number of piperidine rings is 1. The highest BCUT2D eigenvalue weighted by Crippen LogP contribution is 2.35. The van der Waals surface area contributed by atoms with Crippen LogP contribution in [0.1, 0.15) is 44.1 Å². The van der Waals surface area contributed by atoms with Gasteiger partial charge in [-0.25, -0.2) is 19.6 Å². The lowest BCUT2D eigenvalue weighted by molar-refractivity contribution is 0.0282. The number of anilines is 4. The van der Waals surface area contributed by atoms with Gasteiger partial charge < -0.3 is 40.3 Å². The van der Waals surface area contributed by atoms with E-state index >= 15 is 0 Å². The number of hydrogen-bond acceptors (Lipinski definition) is 9. The first-order chi connectivity index (χ1) is 20.9. The SMILES string of the molecule is CN1CCN([C@@H]2CCCN(c3cnc(C(N)=O)c(Nc4ccc(N5CC6CN(C(=O)OC(C)(C)C)CC6C5)cc4)n3)C2)C1=O. The van der Waals surface area contributed by atoms with E-state index in [-0.39, 0.29) is 23.9 Å². The zero-order chi connectivity index (χ0) is 31.2. The maximum atomic E-state index is 12.6. The number of likely N-dealkylation sites (N-methyl/N-ethyl adjacent to an activating group) is 1. The van der Waals surface area contributed by atoms with Crippen LogP contribution in [0.3, 0.4) is 0 Å². The standard InChI is InChI=1S/C31H43N9O4/c1-31(2,3)44-30(43)39-17-20-15-38(16-21(20)18-39)23-9-7-22(8-10-23)34-28-26(27(32)41)33-14-25(35-28)37-11-5-6-24(19-37)40-13-12-36(4)29(40)42/h7-10,14,20-21,24H,5-6,11-13,15-19H2,1-4H3,(H2,32,41)(H,34,35)/t20?,21?,24-/m1/s1. The van der Waals surface area contributed by atoms with E-state index < -0.39 is 11.5 Å². The number of rotatable bonds is 6. The minimum Gasteiger partial charge on any atom is -0.444 e. The molecule has 13 nitrogen and oxygen atoms in total. The topological polar surface area (TPSA) is 140 Å². The molecule has 3 atom stereocenters. The Bertz CT molecular complexity index is 1400. The highest BCUT2D eigenvalue weighted by Gasteiger charge is 2.43. The van der Waals surface area contributed by atoms with Crippen LogP contribution in [0, 0.1) is 11.8 Å². The first kappa shape index (κ1) is 29.8. The molecule has 0 radical (unpaired) electrons. The number of hydrogen-bond donors (Lipinski definition) is 2. The van der Waals surface area contributed by atoms with Gasteiger partial charge in [-0.15, -0.1) is 0 Å². The molecule has 0 spiro atoms. The molecule has 4 aliphatic heterocycles. The average Bonchev–Trinajstić information content (AvgIpc) is 3.66. The number of benzene rings is 1. The number of amides is 4. The molecular weight excluding hydrogens is 562 g/mol. The third-order valence-electron chi connectivity index (χ3n) is 9.04. The number of ether oxygens (including phenoxy) is 1. The zero-order valence-corrected chi connectivity index (χ0v) is 26.0. The van der Waals surface area contributed by atoms with Gasteiger partial charge >= 0.3 is 12.1 Å². The summed E-state index contributed by atoms with van der Waals surface area (Å²) in [6, 6.07) is 8.20. The van der Waals surface area contributed by atoms with Crippen molar-refractivity contribution >= 4 is 41.0 Å². The first-order valence-corrected chi connectivity index (χ1v) is 15.5. The molecule has 4 amide bonds. The van der Waals surface area contributed by atoms with Crippen molar-refractivity contribution in [1.82, 2.24) is 24.7 Å². The summed E-state index contributed by atoms with van der Waals surface area (Å²) in [5.74, 6) is 1.11. The van der Waals surface area contributed by atoms with Crippen LogP contribution in [-0.2, 0) is 4.74 Å². The summed E-state index contributed by atoms with van der Waals surface area (Å²) in [6.07, 6.45) is 3.23. The van der Waals surface area contributed by atoms with E-state index in [1.165, 1.54) is 0 Å². The van der Waals surface area contributed by atoms with Crippen LogP contribution in [-0.4, -0.2) is 114 Å². The van der Waals surface area contributed by atoms with Crippen LogP contribution in [0.15, 0.2) is 30.5 Å². The second kappa shape index (κ2) is 11.7. The highest BCUT2D eigenvalue weighted by molar-refractivity contribution is 5.96. The molecule has 13 heteroatoms. The number of likely N-dealkylation sites (tertiary alicyclic amines) is 1. The third-order valence-corrected chi connectivity index (χ3v) is 9.04. The number of primary amides is 1. The summed E-state index contributed by atoms with van der Waals surface area (Å²) in [7, 11) is 1.83. The molecule has 5 heterocycles. The molecule has 4 aliphatic rings. The van der Waals surface area contributed by atoms with Gasteiger partial charge in [-0.1, -0.05) is 0 Å². The monoisotopic (exact) mass is 605 g/mol. The minimum absolute atomic E-state index is 0.0673. The fraction of sp³-hybridized carbons (Fsp3) is 0.581. The molecule has 4 saturated heterocycles. The van der Waals surface area contributed by atoms with Gasteiger partial charge in [-0.05, 0) is 57.9 Å². The van der Waals surface area contributed by atoms with E-state index in [0.717, 1.165) is 56.9 Å². The van der Waals surface area contributed by atoms with Crippen LogP contribution >= 0.6 is 0 Å². The van der Waals surface area contributed by atoms with Crippen molar-refractivity contribution in [3.63, 3.8) is 0 Å². The Labute approximate surface area is 258 Å². The fourth-order valence-electron chi connectivity index (χ4n) is 6.80. The van der Waals surface area contributed by atoms with Gasteiger partial charge in [0.15, 0.2) is 11.5 Å². The molecular formula is C31H43N9O4. The molecule has 3 N–H and O–H groups in total. The molecule has 2 aromatic rings. The van der Waals surface area contributed by atoms with E-state index in [4.69, 9.17) is 15.5 Å². The maximum absolute atomic E-state index is 12.6. The van der Waals surface area contributed by atoms with Crippen molar-refractivity contribution < 1.29 is 19.1 Å². The van der Waals surface area contributed by atoms with Crippen LogP contribution in [0.25, 0.3) is 0 Å². The third kappa shape index (κ3) is 6.18. The van der Waals surface area contributed by atoms with Crippen molar-refractivity contribution in [3.05, 3.63) is 36.2 Å². The molecule has 0 aliphatic carbocycles. The number of aromatic nitrogens is 2. The van der Waals surface area contributed by atoms with Crippen molar-refractivity contribution in [2.45, 2.75) is 45.3 Å². The molecule has 236 valence electrons. The largest absolute Gasteiger partial charge is 0.444 e. The quantitative estimate of drug-likeness (QED) is 0.509. The molecule has 0 saturated carbocycles. The number of nitrogens with two attached hydrogens (primary N) is 1. The molecule has 1 aromatic heterocycles. The zero-order valence-electron chi connectivity index (χ0n) is 26.0. The van der Waals surface area contributed by atoms with Crippen LogP contribution in [0.4, 0.5) is 32.6 Å². The van der Waals surface area contributed by atoms with Gasteiger partial charge in [-0.2, -0.15) is 0 Å². The average molecular weight is 606 g/mol. The number of fused-ring (bicyclic) bond motifs is 1. The van der Waals surface area contributed by atoms with Crippen molar-refractivity contribution in [2.75, 3.05) is 74.5 Å². The van der Waals surface area contributed by atoms with Gasteiger partial charge in [0.1, 0.15) is 11.4 Å². The van der Waals surface area contributed by atoms with E-state index in [2.05, 4.69) is 32.2 Å².